The summed E-state index contributed by atoms with van der Waals surface area (Å²) < 4.78 is 0. The number of amides is 1. The van der Waals surface area contributed by atoms with Gasteiger partial charge in [0.05, 0.1) is 0 Å². The average molecular weight is 331 g/mol. The molecule has 1 fully saturated rings. The van der Waals surface area contributed by atoms with Gasteiger partial charge in [0.15, 0.2) is 0 Å². The third-order valence-corrected chi connectivity index (χ3v) is 5.32. The fourth-order valence-electron chi connectivity index (χ4n) is 3.78. The van der Waals surface area contributed by atoms with E-state index in [1.165, 1.54) is 18.4 Å². The predicted molar refractivity (Wildman–Crippen MR) is 101 cm³/mol. The molecule has 3 heteroatoms. The summed E-state index contributed by atoms with van der Waals surface area (Å²) in [6.45, 7) is 6.64. The molecule has 24 heavy (non-hydrogen) atoms. The Morgan fingerprint density at radius 3 is 2.58 bits per heavy atom. The zero-order valence-corrected chi connectivity index (χ0v) is 15.4. The highest BCUT2D eigenvalue weighted by molar-refractivity contribution is 5.76. The monoisotopic (exact) mass is 330 g/mol. The lowest BCUT2D eigenvalue weighted by molar-refractivity contribution is -0.123. The molecule has 1 aromatic carbocycles. The Balaban J connectivity index is 1.77. The number of rotatable bonds is 9. The first-order valence-electron chi connectivity index (χ1n) is 9.73. The summed E-state index contributed by atoms with van der Waals surface area (Å²) in [7, 11) is 0. The Morgan fingerprint density at radius 1 is 1.21 bits per heavy atom. The van der Waals surface area contributed by atoms with Crippen molar-refractivity contribution in [3.8, 4) is 0 Å². The first-order chi connectivity index (χ1) is 11.7. The van der Waals surface area contributed by atoms with E-state index in [-0.39, 0.29) is 5.91 Å². The molecule has 134 valence electrons. The summed E-state index contributed by atoms with van der Waals surface area (Å²) in [5.74, 6) is 1.43. The van der Waals surface area contributed by atoms with Crippen molar-refractivity contribution in [2.45, 2.75) is 64.8 Å². The zero-order chi connectivity index (χ0) is 17.2. The molecule has 2 unspecified atom stereocenters. The third-order valence-electron chi connectivity index (χ3n) is 5.32. The van der Waals surface area contributed by atoms with Crippen molar-refractivity contribution < 1.29 is 4.79 Å². The lowest BCUT2D eigenvalue weighted by Crippen LogP contribution is -2.38. The number of aryl methyl sites for hydroxylation is 1. The molecule has 0 aliphatic carbocycles. The Kier molecular flexibility index (Phi) is 8.31. The van der Waals surface area contributed by atoms with Crippen LogP contribution in [0.2, 0.25) is 0 Å². The summed E-state index contributed by atoms with van der Waals surface area (Å²) in [5.41, 5.74) is 1.36. The van der Waals surface area contributed by atoms with E-state index in [4.69, 9.17) is 0 Å². The molecule has 0 aromatic heterocycles. The van der Waals surface area contributed by atoms with E-state index < -0.39 is 0 Å². The van der Waals surface area contributed by atoms with Crippen molar-refractivity contribution in [2.75, 3.05) is 13.1 Å². The van der Waals surface area contributed by atoms with Gasteiger partial charge in [0.1, 0.15) is 0 Å². The van der Waals surface area contributed by atoms with Gasteiger partial charge < -0.3 is 10.6 Å². The van der Waals surface area contributed by atoms with Gasteiger partial charge in [-0.25, -0.2) is 0 Å². The van der Waals surface area contributed by atoms with E-state index in [2.05, 4.69) is 54.8 Å². The van der Waals surface area contributed by atoms with E-state index in [0.29, 0.717) is 24.3 Å². The maximum Gasteiger partial charge on any atom is 0.220 e. The van der Waals surface area contributed by atoms with Gasteiger partial charge in [-0.1, -0.05) is 50.6 Å². The molecule has 2 atom stereocenters. The molecule has 0 bridgehead atoms. The number of carbonyl (C=O) groups excluding carboxylic acids is 1. The van der Waals surface area contributed by atoms with Crippen molar-refractivity contribution in [3.63, 3.8) is 0 Å². The van der Waals surface area contributed by atoms with E-state index in [1.54, 1.807) is 0 Å². The van der Waals surface area contributed by atoms with Gasteiger partial charge in [-0.15, -0.1) is 0 Å². The van der Waals surface area contributed by atoms with Gasteiger partial charge in [-0.3, -0.25) is 4.79 Å². The second-order valence-electron chi connectivity index (χ2n) is 7.35. The molecular weight excluding hydrogens is 296 g/mol. The van der Waals surface area contributed by atoms with Crippen LogP contribution in [0.3, 0.4) is 0 Å². The number of benzene rings is 1. The molecule has 2 N–H and O–H groups in total. The Labute approximate surface area is 147 Å². The van der Waals surface area contributed by atoms with Gasteiger partial charge in [0, 0.05) is 12.5 Å². The third kappa shape index (κ3) is 6.64. The Morgan fingerprint density at radius 2 is 1.92 bits per heavy atom. The maximum atomic E-state index is 12.5. The van der Waals surface area contributed by atoms with Crippen LogP contribution in [-0.2, 0) is 11.2 Å². The van der Waals surface area contributed by atoms with Gasteiger partial charge in [0.2, 0.25) is 5.91 Å². The average Bonchev–Trinajstić information content (AvgIpc) is 2.61. The lowest BCUT2D eigenvalue weighted by Gasteiger charge is -2.28. The van der Waals surface area contributed by atoms with Crippen molar-refractivity contribution in [1.82, 2.24) is 10.6 Å². The SMILES string of the molecule is CCCC(CCc1ccccc1)NC(=O)CC(C)C1CCNCC1. The molecule has 1 saturated heterocycles. The van der Waals surface area contributed by atoms with Crippen molar-refractivity contribution >= 4 is 5.91 Å². The summed E-state index contributed by atoms with van der Waals surface area (Å²) in [4.78, 5) is 12.5. The van der Waals surface area contributed by atoms with Crippen LogP contribution in [0.15, 0.2) is 30.3 Å². The summed E-state index contributed by atoms with van der Waals surface area (Å²) in [6.07, 6.45) is 7.35. The molecule has 2 rings (SSSR count). The minimum Gasteiger partial charge on any atom is -0.353 e. The molecule has 0 spiro atoms. The Hall–Kier alpha value is -1.35. The topological polar surface area (TPSA) is 41.1 Å². The summed E-state index contributed by atoms with van der Waals surface area (Å²) in [5, 5.41) is 6.71. The fraction of sp³-hybridized carbons (Fsp3) is 0.667. The van der Waals surface area contributed by atoms with Gasteiger partial charge >= 0.3 is 0 Å². The highest BCUT2D eigenvalue weighted by Gasteiger charge is 2.22. The van der Waals surface area contributed by atoms with Crippen LogP contribution in [0, 0.1) is 11.8 Å². The first kappa shape index (κ1) is 19.0. The zero-order valence-electron chi connectivity index (χ0n) is 15.4. The van der Waals surface area contributed by atoms with Crippen LogP contribution >= 0.6 is 0 Å². The predicted octanol–water partition coefficient (Wildman–Crippen LogP) is 3.93. The van der Waals surface area contributed by atoms with Crippen molar-refractivity contribution in [3.05, 3.63) is 35.9 Å². The van der Waals surface area contributed by atoms with Gasteiger partial charge in [-0.05, 0) is 62.6 Å². The van der Waals surface area contributed by atoms with Crippen LogP contribution < -0.4 is 10.6 Å². The summed E-state index contributed by atoms with van der Waals surface area (Å²) in [6, 6.07) is 10.9. The minimum atomic E-state index is 0.243. The number of carbonyl (C=O) groups is 1. The van der Waals surface area contributed by atoms with Crippen LogP contribution in [0.25, 0.3) is 0 Å². The normalized spacial score (nSPS) is 18.1. The minimum absolute atomic E-state index is 0.243. The molecule has 1 aliphatic heterocycles. The number of nitrogens with one attached hydrogen (secondary N) is 2. The van der Waals surface area contributed by atoms with Crippen LogP contribution in [-0.4, -0.2) is 25.0 Å². The summed E-state index contributed by atoms with van der Waals surface area (Å²) >= 11 is 0. The lowest BCUT2D eigenvalue weighted by atomic mass is 9.84. The molecule has 1 heterocycles. The smallest absolute Gasteiger partial charge is 0.220 e. The van der Waals surface area contributed by atoms with Crippen LogP contribution in [0.1, 0.15) is 57.9 Å². The largest absolute Gasteiger partial charge is 0.353 e. The fourth-order valence-corrected chi connectivity index (χ4v) is 3.78. The van der Waals surface area contributed by atoms with E-state index >= 15 is 0 Å². The molecule has 1 aromatic rings. The number of hydrogen-bond donors (Lipinski definition) is 2. The number of piperidine rings is 1. The number of hydrogen-bond acceptors (Lipinski definition) is 2. The molecular formula is C21H34N2O. The van der Waals surface area contributed by atoms with Crippen molar-refractivity contribution in [2.24, 2.45) is 11.8 Å². The second-order valence-corrected chi connectivity index (χ2v) is 7.35. The quantitative estimate of drug-likeness (QED) is 0.720. The van der Waals surface area contributed by atoms with Gasteiger partial charge in [-0.2, -0.15) is 0 Å². The molecule has 3 nitrogen and oxygen atoms in total. The van der Waals surface area contributed by atoms with Crippen molar-refractivity contribution in [1.29, 1.82) is 0 Å². The highest BCUT2D eigenvalue weighted by Crippen LogP contribution is 2.24. The van der Waals surface area contributed by atoms with Crippen LogP contribution in [0.5, 0.6) is 0 Å². The van der Waals surface area contributed by atoms with E-state index in [1.807, 2.05) is 0 Å². The van der Waals surface area contributed by atoms with E-state index in [0.717, 1.165) is 38.8 Å². The van der Waals surface area contributed by atoms with E-state index in [9.17, 15) is 4.79 Å². The van der Waals surface area contributed by atoms with Gasteiger partial charge in [0.25, 0.3) is 0 Å². The standard InChI is InChI=1S/C21H34N2O/c1-3-7-20(11-10-18-8-5-4-6-9-18)23-21(24)16-17(2)19-12-14-22-15-13-19/h4-6,8-9,17,19-20,22H,3,7,10-16H2,1-2H3,(H,23,24). The molecule has 0 radical (unpaired) electrons. The highest BCUT2D eigenvalue weighted by atomic mass is 16.1. The Bertz CT molecular complexity index is 468. The maximum absolute atomic E-state index is 12.5. The molecule has 1 amide bonds. The second kappa shape index (κ2) is 10.5. The first-order valence-corrected chi connectivity index (χ1v) is 9.73. The molecule has 0 saturated carbocycles. The van der Waals surface area contributed by atoms with Crippen LogP contribution in [0.4, 0.5) is 0 Å². The molecule has 1 aliphatic rings.